The molecular formula is C17H18FNO. The third kappa shape index (κ3) is 3.44. The second-order valence-electron chi connectivity index (χ2n) is 4.88. The van der Waals surface area contributed by atoms with Gasteiger partial charge in [0.2, 0.25) is 0 Å². The monoisotopic (exact) mass is 271 g/mol. The van der Waals surface area contributed by atoms with E-state index < -0.39 is 11.7 Å². The normalized spacial score (nSPS) is 10.3. The minimum absolute atomic E-state index is 0.0632. The van der Waals surface area contributed by atoms with Crippen LogP contribution in [0.3, 0.4) is 0 Å². The quantitative estimate of drug-likeness (QED) is 0.880. The van der Waals surface area contributed by atoms with Crippen LogP contribution in [0, 0.1) is 12.7 Å². The van der Waals surface area contributed by atoms with Crippen LogP contribution in [0.1, 0.15) is 34.8 Å². The van der Waals surface area contributed by atoms with Crippen molar-refractivity contribution in [3.63, 3.8) is 0 Å². The minimum Gasteiger partial charge on any atom is -0.322 e. The van der Waals surface area contributed by atoms with Crippen molar-refractivity contribution in [1.29, 1.82) is 0 Å². The summed E-state index contributed by atoms with van der Waals surface area (Å²) < 4.78 is 13.7. The summed E-state index contributed by atoms with van der Waals surface area (Å²) in [5, 5.41) is 2.71. The average Bonchev–Trinajstić information content (AvgIpc) is 2.41. The number of hydrogen-bond donors (Lipinski definition) is 1. The van der Waals surface area contributed by atoms with Crippen LogP contribution >= 0.6 is 0 Å². The number of halogens is 1. The summed E-state index contributed by atoms with van der Waals surface area (Å²) in [6.07, 6.45) is 2.10. The van der Waals surface area contributed by atoms with E-state index in [-0.39, 0.29) is 5.56 Å². The van der Waals surface area contributed by atoms with Gasteiger partial charge in [-0.15, -0.1) is 0 Å². The first kappa shape index (κ1) is 14.3. The standard InChI is InChI=1S/C17H18FNO/c1-3-4-13-6-8-14(9-7-13)19-17(20)15-10-5-12(2)11-16(15)18/h5-11H,3-4H2,1-2H3,(H,19,20). The molecule has 3 heteroatoms. The Labute approximate surface area is 118 Å². The Morgan fingerprint density at radius 2 is 1.85 bits per heavy atom. The summed E-state index contributed by atoms with van der Waals surface area (Å²) in [5.41, 5.74) is 2.76. The van der Waals surface area contributed by atoms with Crippen LogP contribution in [-0.2, 0) is 6.42 Å². The summed E-state index contributed by atoms with van der Waals surface area (Å²) in [4.78, 5) is 12.0. The number of aryl methyl sites for hydroxylation is 2. The maximum atomic E-state index is 13.7. The molecule has 0 aromatic heterocycles. The van der Waals surface area contributed by atoms with E-state index in [4.69, 9.17) is 0 Å². The first-order valence-corrected chi connectivity index (χ1v) is 6.76. The van der Waals surface area contributed by atoms with Crippen LogP contribution in [0.5, 0.6) is 0 Å². The molecule has 0 aliphatic heterocycles. The SMILES string of the molecule is CCCc1ccc(NC(=O)c2ccc(C)cc2F)cc1. The largest absolute Gasteiger partial charge is 0.322 e. The second kappa shape index (κ2) is 6.33. The number of carbonyl (C=O) groups excluding carboxylic acids is 1. The predicted octanol–water partition coefficient (Wildman–Crippen LogP) is 4.34. The maximum Gasteiger partial charge on any atom is 0.258 e. The van der Waals surface area contributed by atoms with E-state index in [1.165, 1.54) is 17.7 Å². The Morgan fingerprint density at radius 1 is 1.15 bits per heavy atom. The van der Waals surface area contributed by atoms with Crippen molar-refractivity contribution in [2.75, 3.05) is 5.32 Å². The zero-order chi connectivity index (χ0) is 14.5. The lowest BCUT2D eigenvalue weighted by Gasteiger charge is -2.07. The fourth-order valence-electron chi connectivity index (χ4n) is 2.05. The molecule has 0 aliphatic carbocycles. The number of amides is 1. The zero-order valence-corrected chi connectivity index (χ0v) is 11.7. The average molecular weight is 271 g/mol. The molecule has 0 bridgehead atoms. The fourth-order valence-corrected chi connectivity index (χ4v) is 2.05. The molecule has 0 aliphatic rings. The van der Waals surface area contributed by atoms with Crippen LogP contribution in [0.4, 0.5) is 10.1 Å². The highest BCUT2D eigenvalue weighted by molar-refractivity contribution is 6.04. The molecule has 0 radical (unpaired) electrons. The van der Waals surface area contributed by atoms with Crippen molar-refractivity contribution in [3.05, 3.63) is 65.0 Å². The van der Waals surface area contributed by atoms with E-state index in [9.17, 15) is 9.18 Å². The van der Waals surface area contributed by atoms with Crippen LogP contribution < -0.4 is 5.32 Å². The molecule has 20 heavy (non-hydrogen) atoms. The van der Waals surface area contributed by atoms with Crippen molar-refractivity contribution in [1.82, 2.24) is 0 Å². The van der Waals surface area contributed by atoms with Crippen molar-refractivity contribution in [2.24, 2.45) is 0 Å². The first-order chi connectivity index (χ1) is 9.60. The number of rotatable bonds is 4. The molecule has 0 heterocycles. The molecule has 0 atom stereocenters. The molecule has 2 rings (SSSR count). The van der Waals surface area contributed by atoms with Gasteiger partial charge in [0, 0.05) is 5.69 Å². The van der Waals surface area contributed by atoms with Gasteiger partial charge in [0.15, 0.2) is 0 Å². The molecule has 1 amide bonds. The number of benzene rings is 2. The van der Waals surface area contributed by atoms with Gasteiger partial charge in [-0.1, -0.05) is 31.5 Å². The summed E-state index contributed by atoms with van der Waals surface area (Å²) in [5.74, 6) is -0.921. The van der Waals surface area contributed by atoms with Crippen molar-refractivity contribution < 1.29 is 9.18 Å². The van der Waals surface area contributed by atoms with Gasteiger partial charge in [-0.25, -0.2) is 4.39 Å². The smallest absolute Gasteiger partial charge is 0.258 e. The zero-order valence-electron chi connectivity index (χ0n) is 11.7. The van der Waals surface area contributed by atoms with E-state index in [0.717, 1.165) is 18.4 Å². The van der Waals surface area contributed by atoms with Gasteiger partial charge >= 0.3 is 0 Å². The van der Waals surface area contributed by atoms with Crippen molar-refractivity contribution in [3.8, 4) is 0 Å². The first-order valence-electron chi connectivity index (χ1n) is 6.76. The van der Waals surface area contributed by atoms with E-state index in [1.807, 2.05) is 24.3 Å². The molecule has 1 N–H and O–H groups in total. The third-order valence-electron chi connectivity index (χ3n) is 3.12. The second-order valence-corrected chi connectivity index (χ2v) is 4.88. The lowest BCUT2D eigenvalue weighted by molar-refractivity contribution is 0.102. The number of anilines is 1. The van der Waals surface area contributed by atoms with E-state index in [1.54, 1.807) is 13.0 Å². The summed E-state index contributed by atoms with van der Waals surface area (Å²) >= 11 is 0. The number of nitrogens with one attached hydrogen (secondary N) is 1. The lowest BCUT2D eigenvalue weighted by Crippen LogP contribution is -2.13. The number of hydrogen-bond acceptors (Lipinski definition) is 1. The Kier molecular flexibility index (Phi) is 4.51. The summed E-state index contributed by atoms with van der Waals surface area (Å²) in [6, 6.07) is 12.2. The van der Waals surface area contributed by atoms with Gasteiger partial charge in [0.1, 0.15) is 5.82 Å². The molecule has 0 unspecified atom stereocenters. The highest BCUT2D eigenvalue weighted by Crippen LogP contribution is 2.15. The van der Waals surface area contributed by atoms with Crippen LogP contribution in [-0.4, -0.2) is 5.91 Å². The Balaban J connectivity index is 2.11. The van der Waals surface area contributed by atoms with Gasteiger partial charge < -0.3 is 5.32 Å². The van der Waals surface area contributed by atoms with E-state index in [0.29, 0.717) is 5.69 Å². The Hall–Kier alpha value is -2.16. The van der Waals surface area contributed by atoms with Crippen molar-refractivity contribution in [2.45, 2.75) is 26.7 Å². The Morgan fingerprint density at radius 3 is 2.45 bits per heavy atom. The molecular weight excluding hydrogens is 253 g/mol. The van der Waals surface area contributed by atoms with Gasteiger partial charge in [0.25, 0.3) is 5.91 Å². The van der Waals surface area contributed by atoms with Crippen LogP contribution in [0.25, 0.3) is 0 Å². The highest BCUT2D eigenvalue weighted by atomic mass is 19.1. The maximum absolute atomic E-state index is 13.7. The Bertz CT molecular complexity index is 605. The molecule has 2 aromatic rings. The molecule has 0 saturated carbocycles. The molecule has 2 aromatic carbocycles. The number of carbonyl (C=O) groups is 1. The molecule has 0 saturated heterocycles. The summed E-state index contributed by atoms with van der Waals surface area (Å²) in [7, 11) is 0. The van der Waals surface area contributed by atoms with Gasteiger partial charge in [-0.2, -0.15) is 0 Å². The van der Waals surface area contributed by atoms with Gasteiger partial charge in [-0.05, 0) is 48.7 Å². The topological polar surface area (TPSA) is 29.1 Å². The minimum atomic E-state index is -0.495. The molecule has 0 fully saturated rings. The third-order valence-corrected chi connectivity index (χ3v) is 3.12. The van der Waals surface area contributed by atoms with Gasteiger partial charge in [-0.3, -0.25) is 4.79 Å². The molecule has 104 valence electrons. The van der Waals surface area contributed by atoms with Gasteiger partial charge in [0.05, 0.1) is 5.56 Å². The van der Waals surface area contributed by atoms with Crippen molar-refractivity contribution >= 4 is 11.6 Å². The molecule has 0 spiro atoms. The summed E-state index contributed by atoms with van der Waals surface area (Å²) in [6.45, 7) is 3.91. The highest BCUT2D eigenvalue weighted by Gasteiger charge is 2.11. The van der Waals surface area contributed by atoms with E-state index >= 15 is 0 Å². The van der Waals surface area contributed by atoms with E-state index in [2.05, 4.69) is 12.2 Å². The predicted molar refractivity (Wildman–Crippen MR) is 79.5 cm³/mol. The molecule has 2 nitrogen and oxygen atoms in total. The van der Waals surface area contributed by atoms with Crippen LogP contribution in [0.15, 0.2) is 42.5 Å². The van der Waals surface area contributed by atoms with Crippen LogP contribution in [0.2, 0.25) is 0 Å². The fraction of sp³-hybridized carbons (Fsp3) is 0.235. The lowest BCUT2D eigenvalue weighted by atomic mass is 10.1.